The van der Waals surface area contributed by atoms with Gasteiger partial charge in [-0.25, -0.2) is 0 Å². The molecule has 5 nitrogen and oxygen atoms in total. The van der Waals surface area contributed by atoms with E-state index in [0.29, 0.717) is 17.1 Å². The number of benzene rings is 1. The van der Waals surface area contributed by atoms with E-state index in [-0.39, 0.29) is 5.91 Å². The molecule has 1 N–H and O–H groups in total. The second-order valence-corrected chi connectivity index (χ2v) is 7.74. The second kappa shape index (κ2) is 7.80. The standard InChI is InChI=1S/C20H25ClN4O/c21-16-6-4-5-15(11-16)20(26)22-13-17-12-19-14-24(9-10-25(19)23-17)18-7-2-1-3-8-18/h4-6,11-12,18H,1-3,7-10,13-14H2,(H,22,26). The minimum absolute atomic E-state index is 0.123. The van der Waals surface area contributed by atoms with E-state index >= 15 is 0 Å². The predicted octanol–water partition coefficient (Wildman–Crippen LogP) is 3.61. The van der Waals surface area contributed by atoms with Gasteiger partial charge < -0.3 is 5.32 Å². The highest BCUT2D eigenvalue weighted by atomic mass is 35.5. The summed E-state index contributed by atoms with van der Waals surface area (Å²) < 4.78 is 2.10. The highest BCUT2D eigenvalue weighted by molar-refractivity contribution is 6.30. The predicted molar refractivity (Wildman–Crippen MR) is 102 cm³/mol. The van der Waals surface area contributed by atoms with E-state index in [1.54, 1.807) is 24.3 Å². The largest absolute Gasteiger partial charge is 0.346 e. The van der Waals surface area contributed by atoms with Crippen LogP contribution in [0.25, 0.3) is 0 Å². The summed E-state index contributed by atoms with van der Waals surface area (Å²) in [4.78, 5) is 14.9. The maximum absolute atomic E-state index is 12.3. The molecule has 2 heterocycles. The summed E-state index contributed by atoms with van der Waals surface area (Å²) >= 11 is 5.95. The number of aromatic nitrogens is 2. The average Bonchev–Trinajstić information content (AvgIpc) is 3.09. The number of hydrogen-bond acceptors (Lipinski definition) is 3. The van der Waals surface area contributed by atoms with Crippen LogP contribution >= 0.6 is 11.6 Å². The Morgan fingerprint density at radius 3 is 2.85 bits per heavy atom. The van der Waals surface area contributed by atoms with Gasteiger partial charge in [-0.3, -0.25) is 14.4 Å². The van der Waals surface area contributed by atoms with Gasteiger partial charge in [0.2, 0.25) is 0 Å². The van der Waals surface area contributed by atoms with E-state index < -0.39 is 0 Å². The van der Waals surface area contributed by atoms with Gasteiger partial charge in [0.15, 0.2) is 0 Å². The quantitative estimate of drug-likeness (QED) is 0.891. The van der Waals surface area contributed by atoms with Crippen molar-refractivity contribution >= 4 is 17.5 Å². The zero-order chi connectivity index (χ0) is 17.9. The van der Waals surface area contributed by atoms with Crippen LogP contribution in [0.4, 0.5) is 0 Å². The summed E-state index contributed by atoms with van der Waals surface area (Å²) in [6.45, 7) is 3.43. The van der Waals surface area contributed by atoms with Crippen LogP contribution < -0.4 is 5.32 Å². The van der Waals surface area contributed by atoms with Crippen molar-refractivity contribution in [2.45, 2.75) is 57.8 Å². The Kier molecular flexibility index (Phi) is 5.27. The normalized spacial score (nSPS) is 18.5. The molecule has 1 aliphatic heterocycles. The molecular weight excluding hydrogens is 348 g/mol. The number of fused-ring (bicyclic) bond motifs is 1. The van der Waals surface area contributed by atoms with Crippen LogP contribution in [0.2, 0.25) is 5.02 Å². The molecular formula is C20H25ClN4O. The van der Waals surface area contributed by atoms with Gasteiger partial charge in [-0.2, -0.15) is 5.10 Å². The molecule has 1 fully saturated rings. The smallest absolute Gasteiger partial charge is 0.251 e. The summed E-state index contributed by atoms with van der Waals surface area (Å²) in [6, 6.07) is 9.86. The lowest BCUT2D eigenvalue weighted by Gasteiger charge is -2.36. The SMILES string of the molecule is O=C(NCc1cc2n(n1)CCN(C1CCCCC1)C2)c1cccc(Cl)c1. The fraction of sp³-hybridized carbons (Fsp3) is 0.500. The lowest BCUT2D eigenvalue weighted by atomic mass is 9.94. The van der Waals surface area contributed by atoms with Gasteiger partial charge in [0.05, 0.1) is 24.5 Å². The van der Waals surface area contributed by atoms with Crippen molar-refractivity contribution in [1.29, 1.82) is 0 Å². The van der Waals surface area contributed by atoms with E-state index in [1.165, 1.54) is 37.8 Å². The highest BCUT2D eigenvalue weighted by Gasteiger charge is 2.25. The maximum atomic E-state index is 12.3. The Morgan fingerprint density at radius 2 is 2.04 bits per heavy atom. The van der Waals surface area contributed by atoms with Crippen LogP contribution in [-0.4, -0.2) is 33.2 Å². The van der Waals surface area contributed by atoms with Gasteiger partial charge in [0, 0.05) is 29.7 Å². The molecule has 2 aromatic rings. The number of nitrogens with zero attached hydrogens (tertiary/aromatic N) is 3. The first-order chi connectivity index (χ1) is 12.7. The fourth-order valence-corrected chi connectivity index (χ4v) is 4.28. The van der Waals surface area contributed by atoms with Crippen LogP contribution in [0.15, 0.2) is 30.3 Å². The third kappa shape index (κ3) is 3.94. The van der Waals surface area contributed by atoms with E-state index in [1.807, 2.05) is 0 Å². The van der Waals surface area contributed by atoms with Gasteiger partial charge in [0.1, 0.15) is 0 Å². The van der Waals surface area contributed by atoms with Crippen molar-refractivity contribution in [3.8, 4) is 0 Å². The van der Waals surface area contributed by atoms with Crippen LogP contribution in [-0.2, 0) is 19.6 Å². The van der Waals surface area contributed by atoms with E-state index in [4.69, 9.17) is 11.6 Å². The number of carbonyl (C=O) groups excluding carboxylic acids is 1. The lowest BCUT2D eigenvalue weighted by molar-refractivity contribution is 0.0950. The number of carbonyl (C=O) groups is 1. The molecule has 26 heavy (non-hydrogen) atoms. The molecule has 0 atom stereocenters. The molecule has 4 rings (SSSR count). The van der Waals surface area contributed by atoms with Gasteiger partial charge in [-0.1, -0.05) is 36.9 Å². The molecule has 138 valence electrons. The van der Waals surface area contributed by atoms with E-state index in [0.717, 1.165) is 31.4 Å². The molecule has 0 unspecified atom stereocenters. The highest BCUT2D eigenvalue weighted by Crippen LogP contribution is 2.26. The van der Waals surface area contributed by atoms with Gasteiger partial charge >= 0.3 is 0 Å². The summed E-state index contributed by atoms with van der Waals surface area (Å²) in [5.41, 5.74) is 2.75. The van der Waals surface area contributed by atoms with Gasteiger partial charge in [-0.15, -0.1) is 0 Å². The summed E-state index contributed by atoms with van der Waals surface area (Å²) in [5, 5.41) is 8.17. The molecule has 0 radical (unpaired) electrons. The minimum Gasteiger partial charge on any atom is -0.346 e. The molecule has 1 amide bonds. The van der Waals surface area contributed by atoms with Gasteiger partial charge in [-0.05, 0) is 37.1 Å². The van der Waals surface area contributed by atoms with Crippen LogP contribution in [0.5, 0.6) is 0 Å². The molecule has 1 aromatic carbocycles. The summed E-state index contributed by atoms with van der Waals surface area (Å²) in [7, 11) is 0. The second-order valence-electron chi connectivity index (χ2n) is 7.31. The van der Waals surface area contributed by atoms with Gasteiger partial charge in [0.25, 0.3) is 5.91 Å². The minimum atomic E-state index is -0.123. The molecule has 0 bridgehead atoms. The monoisotopic (exact) mass is 372 g/mol. The number of hydrogen-bond donors (Lipinski definition) is 1. The molecule has 0 spiro atoms. The zero-order valence-electron chi connectivity index (χ0n) is 15.0. The third-order valence-corrected chi connectivity index (χ3v) is 5.72. The van der Waals surface area contributed by atoms with Crippen LogP contribution in [0.3, 0.4) is 0 Å². The molecule has 1 aliphatic carbocycles. The summed E-state index contributed by atoms with van der Waals surface area (Å²) in [5.74, 6) is -0.123. The fourth-order valence-electron chi connectivity index (χ4n) is 4.09. The number of nitrogens with one attached hydrogen (secondary N) is 1. The number of rotatable bonds is 4. The Bertz CT molecular complexity index is 782. The first kappa shape index (κ1) is 17.6. The maximum Gasteiger partial charge on any atom is 0.251 e. The zero-order valence-corrected chi connectivity index (χ0v) is 15.7. The Morgan fingerprint density at radius 1 is 1.19 bits per heavy atom. The summed E-state index contributed by atoms with van der Waals surface area (Å²) in [6.07, 6.45) is 6.77. The van der Waals surface area contributed by atoms with Crippen LogP contribution in [0.1, 0.15) is 53.8 Å². The van der Waals surface area contributed by atoms with Crippen molar-refractivity contribution in [3.63, 3.8) is 0 Å². The average molecular weight is 373 g/mol. The van der Waals surface area contributed by atoms with Crippen LogP contribution in [0, 0.1) is 0 Å². The Balaban J connectivity index is 1.36. The number of halogens is 1. The van der Waals surface area contributed by atoms with E-state index in [9.17, 15) is 4.79 Å². The van der Waals surface area contributed by atoms with Crippen molar-refractivity contribution in [3.05, 3.63) is 52.3 Å². The van der Waals surface area contributed by atoms with Crippen molar-refractivity contribution in [1.82, 2.24) is 20.0 Å². The topological polar surface area (TPSA) is 50.2 Å². The van der Waals surface area contributed by atoms with Crippen molar-refractivity contribution in [2.24, 2.45) is 0 Å². The molecule has 1 saturated carbocycles. The molecule has 2 aliphatic rings. The lowest BCUT2D eigenvalue weighted by Crippen LogP contribution is -2.42. The first-order valence-corrected chi connectivity index (χ1v) is 9.90. The Labute approximate surface area is 159 Å². The van der Waals surface area contributed by atoms with E-state index in [2.05, 4.69) is 26.1 Å². The third-order valence-electron chi connectivity index (χ3n) is 5.49. The Hall–Kier alpha value is -1.85. The van der Waals surface area contributed by atoms with Crippen molar-refractivity contribution < 1.29 is 4.79 Å². The number of amides is 1. The molecule has 1 aromatic heterocycles. The first-order valence-electron chi connectivity index (χ1n) is 9.52. The molecule has 0 saturated heterocycles. The molecule has 6 heteroatoms. The van der Waals surface area contributed by atoms with Crippen molar-refractivity contribution in [2.75, 3.05) is 6.54 Å².